The van der Waals surface area contributed by atoms with E-state index in [9.17, 15) is 9.90 Å². The summed E-state index contributed by atoms with van der Waals surface area (Å²) in [4.78, 5) is 16.8. The Morgan fingerprint density at radius 3 is 2.54 bits per heavy atom. The van der Waals surface area contributed by atoms with Gasteiger partial charge in [0.15, 0.2) is 0 Å². The molecule has 2 amide bonds. The normalized spacial score (nSPS) is 19.2. The maximum Gasteiger partial charge on any atom is 0.317 e. The van der Waals surface area contributed by atoms with Crippen molar-refractivity contribution in [2.75, 3.05) is 32.8 Å². The SMILES string of the molecule is Cc1ccc(C(CNC(=O)N(CCO)C2CC2)N2CCCC2)cc1. The van der Waals surface area contributed by atoms with Crippen LogP contribution in [0.5, 0.6) is 0 Å². The van der Waals surface area contributed by atoms with Crippen molar-refractivity contribution in [3.63, 3.8) is 0 Å². The average Bonchev–Trinajstić information content (AvgIpc) is 3.28. The fourth-order valence-electron chi connectivity index (χ4n) is 3.53. The number of urea groups is 1. The molecule has 1 aliphatic carbocycles. The summed E-state index contributed by atoms with van der Waals surface area (Å²) in [5.41, 5.74) is 2.52. The van der Waals surface area contributed by atoms with Crippen molar-refractivity contribution in [2.24, 2.45) is 0 Å². The van der Waals surface area contributed by atoms with Gasteiger partial charge in [-0.15, -0.1) is 0 Å². The molecule has 1 saturated heterocycles. The zero-order valence-electron chi connectivity index (χ0n) is 14.6. The Morgan fingerprint density at radius 2 is 1.96 bits per heavy atom. The zero-order valence-corrected chi connectivity index (χ0v) is 14.6. The lowest BCUT2D eigenvalue weighted by Crippen LogP contribution is -2.45. The predicted molar refractivity (Wildman–Crippen MR) is 94.9 cm³/mol. The molecule has 3 rings (SSSR count). The van der Waals surface area contributed by atoms with Crippen molar-refractivity contribution in [1.82, 2.24) is 15.1 Å². The number of aryl methyl sites for hydroxylation is 1. The first-order valence-electron chi connectivity index (χ1n) is 9.15. The van der Waals surface area contributed by atoms with Crippen molar-refractivity contribution in [3.05, 3.63) is 35.4 Å². The van der Waals surface area contributed by atoms with E-state index in [2.05, 4.69) is 41.4 Å². The van der Waals surface area contributed by atoms with Crippen molar-refractivity contribution in [2.45, 2.75) is 44.7 Å². The first-order valence-corrected chi connectivity index (χ1v) is 9.15. The van der Waals surface area contributed by atoms with Gasteiger partial charge in [-0.1, -0.05) is 29.8 Å². The lowest BCUT2D eigenvalue weighted by Gasteiger charge is -2.30. The molecule has 24 heavy (non-hydrogen) atoms. The van der Waals surface area contributed by atoms with Crippen LogP contribution in [0.2, 0.25) is 0 Å². The number of aliphatic hydroxyl groups excluding tert-OH is 1. The molecule has 1 heterocycles. The molecular weight excluding hydrogens is 302 g/mol. The van der Waals surface area contributed by atoms with Gasteiger partial charge in [0.2, 0.25) is 0 Å². The Labute approximate surface area is 144 Å². The second-order valence-electron chi connectivity index (χ2n) is 7.00. The highest BCUT2D eigenvalue weighted by Crippen LogP contribution is 2.27. The molecule has 2 N–H and O–H groups in total. The molecule has 1 aromatic carbocycles. The molecule has 0 spiro atoms. The third-order valence-corrected chi connectivity index (χ3v) is 5.08. The van der Waals surface area contributed by atoms with Crippen molar-refractivity contribution in [3.8, 4) is 0 Å². The number of amides is 2. The second-order valence-corrected chi connectivity index (χ2v) is 7.00. The Kier molecular flexibility index (Phi) is 5.74. The molecule has 0 bridgehead atoms. The quantitative estimate of drug-likeness (QED) is 0.806. The minimum Gasteiger partial charge on any atom is -0.395 e. The maximum atomic E-state index is 12.5. The summed E-state index contributed by atoms with van der Waals surface area (Å²) in [5, 5.41) is 12.3. The largest absolute Gasteiger partial charge is 0.395 e. The Balaban J connectivity index is 1.65. The number of hydrogen-bond donors (Lipinski definition) is 2. The molecule has 1 unspecified atom stereocenters. The molecule has 2 aliphatic rings. The number of nitrogens with zero attached hydrogens (tertiary/aromatic N) is 2. The number of carbonyl (C=O) groups is 1. The molecule has 5 nitrogen and oxygen atoms in total. The molecule has 1 saturated carbocycles. The van der Waals surface area contributed by atoms with Crippen LogP contribution >= 0.6 is 0 Å². The summed E-state index contributed by atoms with van der Waals surface area (Å²) in [5.74, 6) is 0. The Bertz CT molecular complexity index is 536. The molecule has 2 fully saturated rings. The Morgan fingerprint density at radius 1 is 1.29 bits per heavy atom. The summed E-state index contributed by atoms with van der Waals surface area (Å²) in [6.45, 7) is 5.36. The zero-order chi connectivity index (χ0) is 16.9. The van der Waals surface area contributed by atoms with Gasteiger partial charge in [0, 0.05) is 19.1 Å². The van der Waals surface area contributed by atoms with Crippen LogP contribution in [0.4, 0.5) is 4.79 Å². The van der Waals surface area contributed by atoms with Crippen LogP contribution in [-0.4, -0.2) is 59.8 Å². The molecule has 5 heteroatoms. The smallest absolute Gasteiger partial charge is 0.317 e. The van der Waals surface area contributed by atoms with Crippen LogP contribution in [0.15, 0.2) is 24.3 Å². The third-order valence-electron chi connectivity index (χ3n) is 5.08. The van der Waals surface area contributed by atoms with Gasteiger partial charge in [-0.3, -0.25) is 4.90 Å². The van der Waals surface area contributed by atoms with Crippen molar-refractivity contribution >= 4 is 6.03 Å². The molecular formula is C19H29N3O2. The van der Waals surface area contributed by atoms with E-state index in [1.165, 1.54) is 24.0 Å². The Hall–Kier alpha value is -1.59. The number of carbonyl (C=O) groups excluding carboxylic acids is 1. The van der Waals surface area contributed by atoms with E-state index in [0.29, 0.717) is 19.1 Å². The van der Waals surface area contributed by atoms with Crippen LogP contribution in [0.25, 0.3) is 0 Å². The second kappa shape index (κ2) is 7.99. The lowest BCUT2D eigenvalue weighted by atomic mass is 10.0. The summed E-state index contributed by atoms with van der Waals surface area (Å²) >= 11 is 0. The molecule has 1 atom stereocenters. The van der Waals surface area contributed by atoms with Gasteiger partial charge < -0.3 is 15.3 Å². The van der Waals surface area contributed by atoms with E-state index < -0.39 is 0 Å². The van der Waals surface area contributed by atoms with E-state index >= 15 is 0 Å². The van der Waals surface area contributed by atoms with Gasteiger partial charge in [0.25, 0.3) is 0 Å². The van der Waals surface area contributed by atoms with Crippen LogP contribution in [0.1, 0.15) is 42.9 Å². The number of benzene rings is 1. The minimum absolute atomic E-state index is 0.0252. The van der Waals surface area contributed by atoms with Gasteiger partial charge in [-0.2, -0.15) is 0 Å². The van der Waals surface area contributed by atoms with Gasteiger partial charge in [-0.25, -0.2) is 4.79 Å². The van der Waals surface area contributed by atoms with E-state index in [4.69, 9.17) is 0 Å². The fraction of sp³-hybridized carbons (Fsp3) is 0.632. The summed E-state index contributed by atoms with van der Waals surface area (Å²) in [6, 6.07) is 9.15. The molecule has 1 aromatic rings. The topological polar surface area (TPSA) is 55.8 Å². The number of likely N-dealkylation sites (tertiary alicyclic amines) is 1. The highest BCUT2D eigenvalue weighted by Gasteiger charge is 2.32. The van der Waals surface area contributed by atoms with E-state index in [-0.39, 0.29) is 18.7 Å². The molecule has 132 valence electrons. The van der Waals surface area contributed by atoms with Crippen LogP contribution < -0.4 is 5.32 Å². The van der Waals surface area contributed by atoms with Crippen molar-refractivity contribution < 1.29 is 9.90 Å². The average molecular weight is 331 g/mol. The monoisotopic (exact) mass is 331 g/mol. The first kappa shape index (κ1) is 17.2. The van der Waals surface area contributed by atoms with E-state index in [1.54, 1.807) is 4.90 Å². The predicted octanol–water partition coefficient (Wildman–Crippen LogP) is 2.30. The minimum atomic E-state index is -0.0390. The number of aliphatic hydroxyl groups is 1. The summed E-state index contributed by atoms with van der Waals surface area (Å²) in [6.07, 6.45) is 4.58. The highest BCUT2D eigenvalue weighted by molar-refractivity contribution is 5.75. The van der Waals surface area contributed by atoms with Crippen LogP contribution in [-0.2, 0) is 0 Å². The molecule has 1 aliphatic heterocycles. The van der Waals surface area contributed by atoms with Gasteiger partial charge >= 0.3 is 6.03 Å². The number of nitrogens with one attached hydrogen (secondary N) is 1. The summed E-state index contributed by atoms with van der Waals surface area (Å²) < 4.78 is 0. The third kappa shape index (κ3) is 4.28. The first-order chi connectivity index (χ1) is 11.7. The van der Waals surface area contributed by atoms with Crippen molar-refractivity contribution in [1.29, 1.82) is 0 Å². The van der Waals surface area contributed by atoms with Crippen LogP contribution in [0.3, 0.4) is 0 Å². The van der Waals surface area contributed by atoms with Gasteiger partial charge in [0.05, 0.1) is 12.6 Å². The maximum absolute atomic E-state index is 12.5. The number of hydrogen-bond acceptors (Lipinski definition) is 3. The molecule has 0 aromatic heterocycles. The van der Waals surface area contributed by atoms with E-state index in [1.807, 2.05) is 0 Å². The van der Waals surface area contributed by atoms with E-state index in [0.717, 1.165) is 25.9 Å². The summed E-state index contributed by atoms with van der Waals surface area (Å²) in [7, 11) is 0. The lowest BCUT2D eigenvalue weighted by molar-refractivity contribution is 0.168. The standard InChI is InChI=1S/C19H29N3O2/c1-15-4-6-16(7-5-15)18(21-10-2-3-11-21)14-20-19(24)22(12-13-23)17-8-9-17/h4-7,17-18,23H,2-3,8-14H2,1H3,(H,20,24). The van der Waals surface area contributed by atoms with Gasteiger partial charge in [0.1, 0.15) is 0 Å². The van der Waals surface area contributed by atoms with Crippen LogP contribution in [0, 0.1) is 6.92 Å². The number of rotatable bonds is 7. The highest BCUT2D eigenvalue weighted by atomic mass is 16.3. The molecule has 0 radical (unpaired) electrons. The van der Waals surface area contributed by atoms with Gasteiger partial charge in [-0.05, 0) is 51.3 Å². The fourth-order valence-corrected chi connectivity index (χ4v) is 3.53.